The third-order valence-electron chi connectivity index (χ3n) is 4.37. The van der Waals surface area contributed by atoms with Crippen molar-refractivity contribution in [1.29, 1.82) is 0 Å². The average molecular weight is 258 g/mol. The second kappa shape index (κ2) is 5.48. The first-order valence-corrected chi connectivity index (χ1v) is 7.28. The lowest BCUT2D eigenvalue weighted by molar-refractivity contribution is 0.142. The van der Waals surface area contributed by atoms with E-state index in [2.05, 4.69) is 56.5 Å². The van der Waals surface area contributed by atoms with E-state index in [-0.39, 0.29) is 5.54 Å². The summed E-state index contributed by atoms with van der Waals surface area (Å²) in [6.07, 6.45) is 1.92. The van der Waals surface area contributed by atoms with Gasteiger partial charge in [-0.3, -0.25) is 4.90 Å². The molecule has 2 N–H and O–H groups in total. The number of nitrogens with zero attached hydrogens (tertiary/aromatic N) is 1. The summed E-state index contributed by atoms with van der Waals surface area (Å²) in [5, 5.41) is 0. The number of nitrogens with two attached hydrogens (primary N) is 1. The molecule has 1 aliphatic carbocycles. The van der Waals surface area contributed by atoms with Gasteiger partial charge in [-0.25, -0.2) is 0 Å². The predicted molar refractivity (Wildman–Crippen MR) is 82.2 cm³/mol. The van der Waals surface area contributed by atoms with Crippen molar-refractivity contribution in [2.24, 2.45) is 5.73 Å². The molecule has 0 radical (unpaired) electrons. The Morgan fingerprint density at radius 1 is 1.37 bits per heavy atom. The summed E-state index contributed by atoms with van der Waals surface area (Å²) in [6, 6.07) is 9.02. The summed E-state index contributed by atoms with van der Waals surface area (Å²) in [5.74, 6) is 0. The SMILES string of the molecule is C=C(C)CC1(N)c2ccccc2CC1N(CC)CC. The van der Waals surface area contributed by atoms with Gasteiger partial charge < -0.3 is 5.73 Å². The molecule has 0 aliphatic heterocycles. The van der Waals surface area contributed by atoms with E-state index in [1.54, 1.807) is 0 Å². The molecule has 1 aromatic rings. The van der Waals surface area contributed by atoms with Crippen LogP contribution in [-0.4, -0.2) is 24.0 Å². The molecule has 0 amide bonds. The van der Waals surface area contributed by atoms with E-state index in [0.717, 1.165) is 31.5 Å². The number of rotatable bonds is 5. The van der Waals surface area contributed by atoms with Crippen molar-refractivity contribution < 1.29 is 0 Å². The quantitative estimate of drug-likeness (QED) is 0.822. The van der Waals surface area contributed by atoms with Crippen LogP contribution in [0, 0.1) is 0 Å². The van der Waals surface area contributed by atoms with Crippen LogP contribution in [0.1, 0.15) is 38.3 Å². The van der Waals surface area contributed by atoms with Gasteiger partial charge >= 0.3 is 0 Å². The second-order valence-corrected chi connectivity index (χ2v) is 5.77. The Bertz CT molecular complexity index is 462. The van der Waals surface area contributed by atoms with E-state index >= 15 is 0 Å². The van der Waals surface area contributed by atoms with Crippen molar-refractivity contribution in [2.75, 3.05) is 13.1 Å². The van der Waals surface area contributed by atoms with Gasteiger partial charge in [0.15, 0.2) is 0 Å². The summed E-state index contributed by atoms with van der Waals surface area (Å²) in [6.45, 7) is 12.7. The second-order valence-electron chi connectivity index (χ2n) is 5.77. The molecule has 2 atom stereocenters. The van der Waals surface area contributed by atoms with Crippen LogP contribution in [0.3, 0.4) is 0 Å². The number of hydrogen-bond acceptors (Lipinski definition) is 2. The van der Waals surface area contributed by atoms with Crippen LogP contribution in [0.5, 0.6) is 0 Å². The van der Waals surface area contributed by atoms with E-state index in [4.69, 9.17) is 5.73 Å². The Morgan fingerprint density at radius 2 is 2.00 bits per heavy atom. The zero-order chi connectivity index (χ0) is 14.0. The minimum atomic E-state index is -0.283. The van der Waals surface area contributed by atoms with E-state index in [1.807, 2.05) is 0 Å². The molecule has 0 saturated heterocycles. The molecule has 2 unspecified atom stereocenters. The van der Waals surface area contributed by atoms with Gasteiger partial charge in [-0.05, 0) is 44.0 Å². The van der Waals surface area contributed by atoms with Gasteiger partial charge in [-0.15, -0.1) is 6.58 Å². The van der Waals surface area contributed by atoms with Crippen LogP contribution in [0.25, 0.3) is 0 Å². The smallest absolute Gasteiger partial charge is 0.0610 e. The third-order valence-corrected chi connectivity index (χ3v) is 4.37. The van der Waals surface area contributed by atoms with Gasteiger partial charge in [0.05, 0.1) is 5.54 Å². The Morgan fingerprint density at radius 3 is 2.58 bits per heavy atom. The maximum atomic E-state index is 6.87. The molecule has 19 heavy (non-hydrogen) atoms. The highest BCUT2D eigenvalue weighted by atomic mass is 15.2. The van der Waals surface area contributed by atoms with E-state index in [1.165, 1.54) is 11.1 Å². The molecular formula is C17H26N2. The molecule has 0 saturated carbocycles. The van der Waals surface area contributed by atoms with Crippen LogP contribution in [-0.2, 0) is 12.0 Å². The molecular weight excluding hydrogens is 232 g/mol. The van der Waals surface area contributed by atoms with Gasteiger partial charge in [0.2, 0.25) is 0 Å². The van der Waals surface area contributed by atoms with E-state index < -0.39 is 0 Å². The Kier molecular flexibility index (Phi) is 4.12. The fourth-order valence-corrected chi connectivity index (χ4v) is 3.55. The zero-order valence-electron chi connectivity index (χ0n) is 12.4. The minimum absolute atomic E-state index is 0.283. The van der Waals surface area contributed by atoms with Crippen molar-refractivity contribution in [2.45, 2.75) is 45.2 Å². The monoisotopic (exact) mass is 258 g/mol. The van der Waals surface area contributed by atoms with Gasteiger partial charge in [0.1, 0.15) is 0 Å². The lowest BCUT2D eigenvalue weighted by Crippen LogP contribution is -2.54. The van der Waals surface area contributed by atoms with Crippen LogP contribution < -0.4 is 5.73 Å². The van der Waals surface area contributed by atoms with Crippen LogP contribution >= 0.6 is 0 Å². The topological polar surface area (TPSA) is 29.3 Å². The van der Waals surface area contributed by atoms with Crippen molar-refractivity contribution >= 4 is 0 Å². The highest BCUT2D eigenvalue weighted by Crippen LogP contribution is 2.41. The summed E-state index contributed by atoms with van der Waals surface area (Å²) in [7, 11) is 0. The molecule has 0 fully saturated rings. The molecule has 1 aromatic carbocycles. The summed E-state index contributed by atoms with van der Waals surface area (Å²) < 4.78 is 0. The maximum Gasteiger partial charge on any atom is 0.0610 e. The van der Waals surface area contributed by atoms with Crippen LogP contribution in [0.15, 0.2) is 36.4 Å². The molecule has 1 aliphatic rings. The Labute approximate surface area is 117 Å². The first-order valence-electron chi connectivity index (χ1n) is 7.28. The summed E-state index contributed by atoms with van der Waals surface area (Å²) >= 11 is 0. The lowest BCUT2D eigenvalue weighted by Gasteiger charge is -2.39. The van der Waals surface area contributed by atoms with Gasteiger partial charge in [0.25, 0.3) is 0 Å². The van der Waals surface area contributed by atoms with Crippen LogP contribution in [0.4, 0.5) is 0 Å². The minimum Gasteiger partial charge on any atom is -0.320 e. The highest BCUT2D eigenvalue weighted by molar-refractivity contribution is 5.42. The summed E-state index contributed by atoms with van der Waals surface area (Å²) in [4.78, 5) is 2.49. The fourth-order valence-electron chi connectivity index (χ4n) is 3.55. The first kappa shape index (κ1) is 14.3. The maximum absolute atomic E-state index is 6.87. The van der Waals surface area contributed by atoms with Gasteiger partial charge in [-0.2, -0.15) is 0 Å². The molecule has 0 heterocycles. The zero-order valence-corrected chi connectivity index (χ0v) is 12.4. The highest BCUT2D eigenvalue weighted by Gasteiger charge is 2.45. The average Bonchev–Trinajstić information content (AvgIpc) is 2.65. The number of hydrogen-bond donors (Lipinski definition) is 1. The Balaban J connectivity index is 2.44. The number of benzene rings is 1. The first-order chi connectivity index (χ1) is 9.02. The van der Waals surface area contributed by atoms with Gasteiger partial charge in [0, 0.05) is 6.04 Å². The fraction of sp³-hybridized carbons (Fsp3) is 0.529. The third kappa shape index (κ3) is 2.47. The van der Waals surface area contributed by atoms with Crippen molar-refractivity contribution in [1.82, 2.24) is 4.90 Å². The van der Waals surface area contributed by atoms with Crippen molar-refractivity contribution in [3.05, 3.63) is 47.5 Å². The van der Waals surface area contributed by atoms with Crippen molar-refractivity contribution in [3.8, 4) is 0 Å². The van der Waals surface area contributed by atoms with Crippen LogP contribution in [0.2, 0.25) is 0 Å². The van der Waals surface area contributed by atoms with Gasteiger partial charge in [-0.1, -0.05) is 43.7 Å². The molecule has 0 aromatic heterocycles. The largest absolute Gasteiger partial charge is 0.320 e. The van der Waals surface area contributed by atoms with E-state index in [0.29, 0.717) is 6.04 Å². The normalized spacial score (nSPS) is 25.6. The van der Waals surface area contributed by atoms with E-state index in [9.17, 15) is 0 Å². The molecule has 2 rings (SSSR count). The predicted octanol–water partition coefficient (Wildman–Crippen LogP) is 3.07. The Hall–Kier alpha value is -1.12. The molecule has 0 spiro atoms. The standard InChI is InChI=1S/C17H26N2/c1-5-19(6-2)16-11-14-9-7-8-10-15(14)17(16,18)12-13(3)4/h7-10,16H,3,5-6,11-12,18H2,1-2,4H3. The molecule has 0 bridgehead atoms. The molecule has 2 heteroatoms. The van der Waals surface area contributed by atoms with Crippen molar-refractivity contribution in [3.63, 3.8) is 0 Å². The number of fused-ring (bicyclic) bond motifs is 1. The number of likely N-dealkylation sites (N-methyl/N-ethyl adjacent to an activating group) is 1. The summed E-state index contributed by atoms with van der Waals surface area (Å²) in [5.41, 5.74) is 10.5. The molecule has 104 valence electrons. The lowest BCUT2D eigenvalue weighted by atomic mass is 9.83. The molecule has 2 nitrogen and oxygen atoms in total.